The van der Waals surface area contributed by atoms with E-state index in [2.05, 4.69) is 88.2 Å². The van der Waals surface area contributed by atoms with E-state index in [4.69, 9.17) is 18.9 Å². The molecule has 3 aromatic carbocycles. The van der Waals surface area contributed by atoms with Gasteiger partial charge in [0.1, 0.15) is 18.1 Å². The highest BCUT2D eigenvalue weighted by molar-refractivity contribution is 5.87. The van der Waals surface area contributed by atoms with E-state index in [1.165, 1.54) is 41.5 Å². The van der Waals surface area contributed by atoms with Gasteiger partial charge in [-0.2, -0.15) is 0 Å². The highest BCUT2D eigenvalue weighted by Crippen LogP contribution is 2.38. The van der Waals surface area contributed by atoms with E-state index in [9.17, 15) is 15.0 Å². The van der Waals surface area contributed by atoms with Gasteiger partial charge in [0.05, 0.1) is 45.6 Å². The van der Waals surface area contributed by atoms with Crippen LogP contribution in [0.25, 0.3) is 22.3 Å². The average Bonchev–Trinajstić information content (AvgIpc) is 3.16. The molecule has 0 bridgehead atoms. The van der Waals surface area contributed by atoms with E-state index < -0.39 is 24.6 Å². The van der Waals surface area contributed by atoms with Crippen LogP contribution in [0.1, 0.15) is 75.6 Å². The number of allylic oxidation sites excluding steroid dienone is 1. The Morgan fingerprint density at radius 1 is 0.712 bits per heavy atom. The van der Waals surface area contributed by atoms with E-state index in [0.717, 1.165) is 59.3 Å². The van der Waals surface area contributed by atoms with Gasteiger partial charge in [-0.15, -0.1) is 0 Å². The van der Waals surface area contributed by atoms with Crippen molar-refractivity contribution in [1.29, 1.82) is 0 Å². The number of aliphatic hydroxyl groups is 2. The van der Waals surface area contributed by atoms with Gasteiger partial charge in [-0.05, 0) is 109 Å². The average molecular weight is 713 g/mol. The fraction of sp³-hybridized carbons (Fsp3) is 0.444. The molecule has 0 amide bonds. The number of carbonyl (C=O) groups is 1. The molecule has 0 spiro atoms. The number of unbranched alkanes of at least 4 members (excludes halogenated alkanes) is 2. The SMILES string of the molecule is C=C(C)C(=C)OCCCc1cc(-c2ccc(-c3ccc(CCCCC)cc3)cc2CC)c(OC)cc1CCOCC(CO)(CO)COC(=O)C(=C)C. The summed E-state index contributed by atoms with van der Waals surface area (Å²) in [7, 11) is 1.70. The van der Waals surface area contributed by atoms with Crippen molar-refractivity contribution in [3.05, 3.63) is 113 Å². The van der Waals surface area contributed by atoms with Gasteiger partial charge < -0.3 is 29.2 Å². The molecule has 0 radical (unpaired) electrons. The maximum atomic E-state index is 12.0. The van der Waals surface area contributed by atoms with Gasteiger partial charge >= 0.3 is 5.97 Å². The Hall–Kier alpha value is -4.17. The zero-order chi connectivity index (χ0) is 38.1. The smallest absolute Gasteiger partial charge is 0.333 e. The summed E-state index contributed by atoms with van der Waals surface area (Å²) in [5.41, 5.74) is 9.33. The summed E-state index contributed by atoms with van der Waals surface area (Å²) in [5, 5.41) is 20.1. The molecule has 52 heavy (non-hydrogen) atoms. The molecule has 7 nitrogen and oxygen atoms in total. The van der Waals surface area contributed by atoms with E-state index in [0.29, 0.717) is 25.4 Å². The summed E-state index contributed by atoms with van der Waals surface area (Å²) in [4.78, 5) is 12.0. The van der Waals surface area contributed by atoms with Gasteiger partial charge in [0, 0.05) is 11.1 Å². The van der Waals surface area contributed by atoms with Crippen LogP contribution in [0.3, 0.4) is 0 Å². The van der Waals surface area contributed by atoms with Crippen molar-refractivity contribution in [3.63, 3.8) is 0 Å². The number of methoxy groups -OCH3 is 1. The first kappa shape index (κ1) is 42.2. The van der Waals surface area contributed by atoms with Crippen molar-refractivity contribution >= 4 is 5.97 Å². The molecule has 0 unspecified atom stereocenters. The standard InChI is InChI=1S/C45H60O7/c1-9-11-12-14-35-16-18-37(19-17-35)39-20-21-41(36(10-2)25-39)42-26-38(15-13-23-51-34(7)32(3)4)40(27-43(42)49-8)22-24-50-30-45(28-46,29-47)31-52-44(48)33(5)6/h16-21,25-27,46-47H,3,5,7,9-15,22-24,28-31H2,1-2,4,6,8H3. The highest BCUT2D eigenvalue weighted by atomic mass is 16.5. The second-order valence-corrected chi connectivity index (χ2v) is 13.8. The number of rotatable bonds is 24. The Balaban J connectivity index is 1.88. The summed E-state index contributed by atoms with van der Waals surface area (Å²) in [5.74, 6) is 0.788. The third-order valence-corrected chi connectivity index (χ3v) is 9.45. The van der Waals surface area contributed by atoms with Crippen molar-refractivity contribution in [1.82, 2.24) is 0 Å². The molecule has 0 aliphatic carbocycles. The van der Waals surface area contributed by atoms with Crippen molar-refractivity contribution in [2.75, 3.05) is 46.8 Å². The molecule has 0 aliphatic heterocycles. The van der Waals surface area contributed by atoms with Crippen LogP contribution in [0.15, 0.2) is 91.2 Å². The lowest BCUT2D eigenvalue weighted by atomic mass is 9.89. The third kappa shape index (κ3) is 12.2. The number of esters is 1. The minimum atomic E-state index is -1.13. The minimum absolute atomic E-state index is 0.0126. The Labute approximate surface area is 312 Å². The summed E-state index contributed by atoms with van der Waals surface area (Å²) in [6.45, 7) is 19.2. The van der Waals surface area contributed by atoms with Gasteiger partial charge in [0.2, 0.25) is 0 Å². The van der Waals surface area contributed by atoms with E-state index >= 15 is 0 Å². The second kappa shape index (κ2) is 21.4. The molecule has 3 rings (SSSR count). The van der Waals surface area contributed by atoms with Crippen molar-refractivity contribution in [2.24, 2.45) is 5.41 Å². The third-order valence-electron chi connectivity index (χ3n) is 9.45. The Morgan fingerprint density at radius 2 is 1.40 bits per heavy atom. The maximum Gasteiger partial charge on any atom is 0.333 e. The van der Waals surface area contributed by atoms with E-state index in [-0.39, 0.29) is 18.8 Å². The molecular weight excluding hydrogens is 652 g/mol. The van der Waals surface area contributed by atoms with Crippen LogP contribution in [0.5, 0.6) is 5.75 Å². The van der Waals surface area contributed by atoms with Gasteiger partial charge in [-0.3, -0.25) is 0 Å². The molecule has 0 atom stereocenters. The summed E-state index contributed by atoms with van der Waals surface area (Å²) in [6, 6.07) is 20.0. The minimum Gasteiger partial charge on any atom is -0.496 e. The molecule has 0 aliphatic rings. The van der Waals surface area contributed by atoms with Crippen LogP contribution < -0.4 is 4.74 Å². The first-order valence-electron chi connectivity index (χ1n) is 18.5. The molecular formula is C45H60O7. The normalized spacial score (nSPS) is 11.3. The quantitative estimate of drug-likeness (QED) is 0.0315. The molecule has 0 fully saturated rings. The number of hydrogen-bond acceptors (Lipinski definition) is 7. The van der Waals surface area contributed by atoms with Gasteiger partial charge in [-0.25, -0.2) is 4.79 Å². The van der Waals surface area contributed by atoms with Crippen LogP contribution in [-0.4, -0.2) is 62.9 Å². The van der Waals surface area contributed by atoms with Crippen molar-refractivity contribution < 1.29 is 34.0 Å². The fourth-order valence-electron chi connectivity index (χ4n) is 5.95. The molecule has 282 valence electrons. The predicted molar refractivity (Wildman–Crippen MR) is 212 cm³/mol. The molecule has 0 saturated heterocycles. The summed E-state index contributed by atoms with van der Waals surface area (Å²) < 4.78 is 23.1. The zero-order valence-corrected chi connectivity index (χ0v) is 32.2. The molecule has 0 aromatic heterocycles. The number of carbonyl (C=O) groups excluding carboxylic acids is 1. The lowest BCUT2D eigenvalue weighted by Gasteiger charge is -2.29. The van der Waals surface area contributed by atoms with Crippen LogP contribution in [-0.2, 0) is 44.7 Å². The van der Waals surface area contributed by atoms with Gasteiger partial charge in [0.25, 0.3) is 0 Å². The van der Waals surface area contributed by atoms with Crippen molar-refractivity contribution in [2.45, 2.75) is 79.1 Å². The Bertz CT molecular complexity index is 1630. The predicted octanol–water partition coefficient (Wildman–Crippen LogP) is 9.01. The van der Waals surface area contributed by atoms with E-state index in [1.807, 2.05) is 6.92 Å². The van der Waals surface area contributed by atoms with Crippen LogP contribution in [0.2, 0.25) is 0 Å². The fourth-order valence-corrected chi connectivity index (χ4v) is 5.95. The number of hydrogen-bond donors (Lipinski definition) is 2. The largest absolute Gasteiger partial charge is 0.496 e. The Morgan fingerprint density at radius 3 is 2.02 bits per heavy atom. The highest BCUT2D eigenvalue weighted by Gasteiger charge is 2.31. The molecule has 3 aromatic rings. The van der Waals surface area contributed by atoms with E-state index in [1.54, 1.807) is 14.0 Å². The monoisotopic (exact) mass is 712 g/mol. The van der Waals surface area contributed by atoms with Gasteiger partial charge in [0.15, 0.2) is 0 Å². The summed E-state index contributed by atoms with van der Waals surface area (Å²) >= 11 is 0. The number of ether oxygens (including phenoxy) is 4. The molecule has 0 saturated carbocycles. The molecule has 7 heteroatoms. The number of aliphatic hydroxyl groups excluding tert-OH is 2. The Kier molecular flexibility index (Phi) is 17.4. The van der Waals surface area contributed by atoms with Gasteiger partial charge in [-0.1, -0.05) is 88.9 Å². The summed E-state index contributed by atoms with van der Waals surface area (Å²) in [6.07, 6.45) is 7.78. The second-order valence-electron chi connectivity index (χ2n) is 13.8. The first-order valence-corrected chi connectivity index (χ1v) is 18.5. The number of aryl methyl sites for hydroxylation is 3. The maximum absolute atomic E-state index is 12.0. The van der Waals surface area contributed by atoms with Crippen molar-refractivity contribution in [3.8, 4) is 28.0 Å². The molecule has 2 N–H and O–H groups in total. The van der Waals surface area contributed by atoms with Crippen LogP contribution >= 0.6 is 0 Å². The number of benzene rings is 3. The molecule has 0 heterocycles. The lowest BCUT2D eigenvalue weighted by molar-refractivity contribution is -0.147. The lowest BCUT2D eigenvalue weighted by Crippen LogP contribution is -2.40. The zero-order valence-electron chi connectivity index (χ0n) is 32.2. The van der Waals surface area contributed by atoms with Crippen LogP contribution in [0, 0.1) is 5.41 Å². The first-order chi connectivity index (χ1) is 25.0. The topological polar surface area (TPSA) is 94.5 Å². The van der Waals surface area contributed by atoms with Crippen LogP contribution in [0.4, 0.5) is 0 Å².